The minimum absolute atomic E-state index is 0.0469. The Morgan fingerprint density at radius 3 is 2.63 bits per heavy atom. The Bertz CT molecular complexity index is 783. The summed E-state index contributed by atoms with van der Waals surface area (Å²) in [4.78, 5) is 29.0. The highest BCUT2D eigenvalue weighted by Crippen LogP contribution is 2.41. The number of hydrogen-bond acceptors (Lipinski definition) is 3. The van der Waals surface area contributed by atoms with Crippen molar-refractivity contribution in [3.8, 4) is 0 Å². The number of carbonyl (C=O) groups excluding carboxylic acids is 2. The summed E-state index contributed by atoms with van der Waals surface area (Å²) in [6.45, 7) is 2.86. The van der Waals surface area contributed by atoms with Gasteiger partial charge in [0.1, 0.15) is 0 Å². The van der Waals surface area contributed by atoms with E-state index in [0.29, 0.717) is 13.1 Å². The van der Waals surface area contributed by atoms with Crippen LogP contribution in [0, 0.1) is 6.92 Å². The molecule has 5 heteroatoms. The maximum atomic E-state index is 13.0. The third-order valence-electron chi connectivity index (χ3n) is 5.31. The average Bonchev–Trinajstić information content (AvgIpc) is 3.18. The Labute approximate surface area is 160 Å². The fraction of sp³-hybridized carbons (Fsp3) is 0.409. The van der Waals surface area contributed by atoms with Crippen LogP contribution in [-0.2, 0) is 21.5 Å². The normalized spacial score (nSPS) is 15.3. The molecule has 2 N–H and O–H groups in total. The average molecular weight is 365 g/mol. The van der Waals surface area contributed by atoms with Crippen LogP contribution in [0.2, 0.25) is 0 Å². The van der Waals surface area contributed by atoms with Gasteiger partial charge in [0.15, 0.2) is 0 Å². The molecule has 2 amide bonds. The molecular weight excluding hydrogens is 338 g/mol. The highest BCUT2D eigenvalue weighted by atomic mass is 16.2. The Hall–Kier alpha value is -2.69. The molecule has 0 bridgehead atoms. The number of nitrogens with one attached hydrogen (secondary N) is 2. The first-order chi connectivity index (χ1) is 13.1. The summed E-state index contributed by atoms with van der Waals surface area (Å²) in [5.41, 5.74) is 2.78. The Kier molecular flexibility index (Phi) is 6.22. The van der Waals surface area contributed by atoms with Crippen LogP contribution in [0.4, 0.5) is 0 Å². The third-order valence-corrected chi connectivity index (χ3v) is 5.31. The van der Waals surface area contributed by atoms with Crippen molar-refractivity contribution in [2.24, 2.45) is 0 Å². The molecule has 3 rings (SSSR count). The van der Waals surface area contributed by atoms with E-state index in [1.54, 1.807) is 12.4 Å². The van der Waals surface area contributed by atoms with Crippen LogP contribution in [0.5, 0.6) is 0 Å². The fourth-order valence-corrected chi connectivity index (χ4v) is 3.82. The van der Waals surface area contributed by atoms with Gasteiger partial charge in [0.05, 0.1) is 5.41 Å². The van der Waals surface area contributed by atoms with Crippen LogP contribution < -0.4 is 10.6 Å². The van der Waals surface area contributed by atoms with Crippen molar-refractivity contribution in [2.45, 2.75) is 51.0 Å². The molecule has 1 aromatic carbocycles. The van der Waals surface area contributed by atoms with Crippen LogP contribution in [-0.4, -0.2) is 23.3 Å². The lowest BCUT2D eigenvalue weighted by Crippen LogP contribution is -2.43. The van der Waals surface area contributed by atoms with Gasteiger partial charge in [0, 0.05) is 31.9 Å². The molecule has 0 unspecified atom stereocenters. The van der Waals surface area contributed by atoms with Gasteiger partial charge in [-0.1, -0.05) is 48.7 Å². The van der Waals surface area contributed by atoms with Gasteiger partial charge in [-0.2, -0.15) is 0 Å². The summed E-state index contributed by atoms with van der Waals surface area (Å²) in [5, 5.41) is 5.86. The smallest absolute Gasteiger partial charge is 0.230 e. The fourth-order valence-electron chi connectivity index (χ4n) is 3.82. The van der Waals surface area contributed by atoms with Crippen molar-refractivity contribution < 1.29 is 9.59 Å². The van der Waals surface area contributed by atoms with Crippen LogP contribution >= 0.6 is 0 Å². The monoisotopic (exact) mass is 365 g/mol. The molecule has 1 saturated carbocycles. The molecule has 142 valence electrons. The number of pyridine rings is 1. The summed E-state index contributed by atoms with van der Waals surface area (Å²) in [7, 11) is 0. The molecule has 2 aromatic rings. The first-order valence-corrected chi connectivity index (χ1v) is 9.61. The molecule has 27 heavy (non-hydrogen) atoms. The number of aromatic nitrogens is 1. The maximum absolute atomic E-state index is 13.0. The molecule has 1 heterocycles. The van der Waals surface area contributed by atoms with Gasteiger partial charge < -0.3 is 10.6 Å². The number of rotatable bonds is 7. The lowest BCUT2D eigenvalue weighted by molar-refractivity contribution is -0.127. The number of hydrogen-bond donors (Lipinski definition) is 2. The van der Waals surface area contributed by atoms with Gasteiger partial charge >= 0.3 is 0 Å². The second-order valence-electron chi connectivity index (χ2n) is 7.30. The number of amides is 2. The van der Waals surface area contributed by atoms with Gasteiger partial charge in [-0.25, -0.2) is 0 Å². The van der Waals surface area contributed by atoms with Crippen LogP contribution in [0.1, 0.15) is 48.8 Å². The van der Waals surface area contributed by atoms with E-state index in [0.717, 1.165) is 36.8 Å². The predicted molar refractivity (Wildman–Crippen MR) is 105 cm³/mol. The maximum Gasteiger partial charge on any atom is 0.230 e. The van der Waals surface area contributed by atoms with E-state index >= 15 is 0 Å². The predicted octanol–water partition coefficient (Wildman–Crippen LogP) is 3.02. The Morgan fingerprint density at radius 1 is 1.11 bits per heavy atom. The number of nitrogens with zero attached hydrogens (tertiary/aromatic N) is 1. The molecule has 0 atom stereocenters. The Morgan fingerprint density at radius 2 is 1.93 bits per heavy atom. The van der Waals surface area contributed by atoms with Crippen molar-refractivity contribution in [3.05, 3.63) is 65.5 Å². The first-order valence-electron chi connectivity index (χ1n) is 9.61. The molecule has 1 aromatic heterocycles. The summed E-state index contributed by atoms with van der Waals surface area (Å²) in [6, 6.07) is 12.0. The standard InChI is InChI=1S/C22H27N3O2/c1-17-6-4-8-19(14-17)22(10-2-3-11-22)21(27)24-13-9-20(26)25-16-18-7-5-12-23-15-18/h4-8,12,14-15H,2-3,9-11,13,16H2,1H3,(H,24,27)(H,25,26). The van der Waals surface area contributed by atoms with E-state index in [9.17, 15) is 9.59 Å². The molecule has 0 saturated heterocycles. The summed E-state index contributed by atoms with van der Waals surface area (Å²) in [6.07, 6.45) is 7.57. The lowest BCUT2D eigenvalue weighted by atomic mass is 9.77. The molecule has 1 aliphatic rings. The number of benzene rings is 1. The van der Waals surface area contributed by atoms with E-state index in [1.165, 1.54) is 5.56 Å². The SMILES string of the molecule is Cc1cccc(C2(C(=O)NCCC(=O)NCc3cccnc3)CCCC2)c1. The van der Waals surface area contributed by atoms with Gasteiger partial charge in [0.2, 0.25) is 11.8 Å². The van der Waals surface area contributed by atoms with Gasteiger partial charge in [-0.3, -0.25) is 14.6 Å². The molecule has 0 spiro atoms. The van der Waals surface area contributed by atoms with Crippen molar-refractivity contribution in [1.29, 1.82) is 0 Å². The lowest BCUT2D eigenvalue weighted by Gasteiger charge is -2.28. The van der Waals surface area contributed by atoms with Gasteiger partial charge in [0.25, 0.3) is 0 Å². The number of carbonyl (C=O) groups is 2. The highest BCUT2D eigenvalue weighted by Gasteiger charge is 2.42. The molecule has 1 aliphatic carbocycles. The molecule has 0 radical (unpaired) electrons. The molecule has 5 nitrogen and oxygen atoms in total. The second kappa shape index (κ2) is 8.80. The van der Waals surface area contributed by atoms with Crippen LogP contribution in [0.25, 0.3) is 0 Å². The molecular formula is C22H27N3O2. The summed E-state index contributed by atoms with van der Waals surface area (Å²) >= 11 is 0. The van der Waals surface area contributed by atoms with E-state index in [1.807, 2.05) is 18.2 Å². The third kappa shape index (κ3) is 4.73. The summed E-state index contributed by atoms with van der Waals surface area (Å²) in [5.74, 6) is -0.0270. The van der Waals surface area contributed by atoms with Crippen LogP contribution in [0.15, 0.2) is 48.8 Å². The van der Waals surface area contributed by atoms with Crippen molar-refractivity contribution in [2.75, 3.05) is 6.54 Å². The zero-order valence-corrected chi connectivity index (χ0v) is 15.8. The minimum Gasteiger partial charge on any atom is -0.355 e. The first kappa shape index (κ1) is 19.1. The van der Waals surface area contributed by atoms with E-state index in [-0.39, 0.29) is 18.2 Å². The molecule has 1 fully saturated rings. The van der Waals surface area contributed by atoms with Gasteiger partial charge in [-0.15, -0.1) is 0 Å². The van der Waals surface area contributed by atoms with Crippen molar-refractivity contribution >= 4 is 11.8 Å². The molecule has 0 aliphatic heterocycles. The zero-order valence-electron chi connectivity index (χ0n) is 15.8. The van der Waals surface area contributed by atoms with Gasteiger partial charge in [-0.05, 0) is 37.0 Å². The Balaban J connectivity index is 1.52. The van der Waals surface area contributed by atoms with E-state index in [2.05, 4.69) is 40.7 Å². The number of aryl methyl sites for hydroxylation is 1. The van der Waals surface area contributed by atoms with Crippen molar-refractivity contribution in [1.82, 2.24) is 15.6 Å². The topological polar surface area (TPSA) is 71.1 Å². The van der Waals surface area contributed by atoms with Crippen LogP contribution in [0.3, 0.4) is 0 Å². The van der Waals surface area contributed by atoms with Crippen molar-refractivity contribution in [3.63, 3.8) is 0 Å². The quantitative estimate of drug-likeness (QED) is 0.792. The highest BCUT2D eigenvalue weighted by molar-refractivity contribution is 5.89. The second-order valence-corrected chi connectivity index (χ2v) is 7.30. The summed E-state index contributed by atoms with van der Waals surface area (Å²) < 4.78 is 0. The zero-order chi connectivity index (χ0) is 19.1. The minimum atomic E-state index is -0.446. The van der Waals surface area contributed by atoms with E-state index < -0.39 is 5.41 Å². The largest absolute Gasteiger partial charge is 0.355 e. The van der Waals surface area contributed by atoms with E-state index in [4.69, 9.17) is 0 Å².